The Morgan fingerprint density at radius 1 is 1.30 bits per heavy atom. The second-order valence-corrected chi connectivity index (χ2v) is 8.20. The summed E-state index contributed by atoms with van der Waals surface area (Å²) in [5, 5.41) is 18.5. The maximum absolute atomic E-state index is 12.6. The predicted octanol–water partition coefficient (Wildman–Crippen LogP) is 4.37. The van der Waals surface area contributed by atoms with Gasteiger partial charge in [0.1, 0.15) is 5.82 Å². The van der Waals surface area contributed by atoms with Gasteiger partial charge in [-0.25, -0.2) is 4.98 Å². The molecule has 2 aromatic heterocycles. The van der Waals surface area contributed by atoms with Gasteiger partial charge in [0.2, 0.25) is 11.0 Å². The average Bonchev–Trinajstić information content (AvgIpc) is 3.30. The van der Waals surface area contributed by atoms with Crippen LogP contribution in [0.15, 0.2) is 42.5 Å². The van der Waals surface area contributed by atoms with Crippen LogP contribution < -0.4 is 10.1 Å². The Morgan fingerprint density at radius 2 is 2.13 bits per heavy atom. The van der Waals surface area contributed by atoms with Gasteiger partial charge in [0.05, 0.1) is 22.5 Å². The number of fused-ring (bicyclic) bond motifs is 2. The molecule has 0 radical (unpaired) electrons. The van der Waals surface area contributed by atoms with Crippen LogP contribution in [-0.4, -0.2) is 32.4 Å². The van der Waals surface area contributed by atoms with E-state index in [9.17, 15) is 9.90 Å². The molecule has 0 saturated carbocycles. The van der Waals surface area contributed by atoms with Gasteiger partial charge in [0.15, 0.2) is 11.5 Å². The first-order valence-electron chi connectivity index (χ1n) is 9.76. The van der Waals surface area contributed by atoms with E-state index in [0.29, 0.717) is 29.7 Å². The summed E-state index contributed by atoms with van der Waals surface area (Å²) < 4.78 is 8.33. The van der Waals surface area contributed by atoms with Crippen LogP contribution in [0, 0.1) is 6.92 Å². The number of aromatic hydroxyl groups is 1. The van der Waals surface area contributed by atoms with Crippen LogP contribution >= 0.6 is 11.3 Å². The van der Waals surface area contributed by atoms with E-state index >= 15 is 0 Å². The number of carbonyl (C=O) groups excluding carboxylic acids is 1. The Balaban J connectivity index is 1.64. The second-order valence-electron chi connectivity index (χ2n) is 7.19. The quantitative estimate of drug-likeness (QED) is 0.512. The molecule has 0 unspecified atom stereocenters. The third-order valence-corrected chi connectivity index (χ3v) is 6.26. The van der Waals surface area contributed by atoms with Gasteiger partial charge in [-0.1, -0.05) is 29.5 Å². The summed E-state index contributed by atoms with van der Waals surface area (Å²) in [6.45, 7) is 4.25. The molecule has 1 atom stereocenters. The number of para-hydroxylation sites is 1. The number of thiazole rings is 1. The first-order chi connectivity index (χ1) is 14.5. The van der Waals surface area contributed by atoms with Gasteiger partial charge in [0, 0.05) is 17.9 Å². The average molecular weight is 420 g/mol. The fourth-order valence-electron chi connectivity index (χ4n) is 3.94. The minimum absolute atomic E-state index is 0.0826. The lowest BCUT2D eigenvalue weighted by Crippen LogP contribution is -2.25. The number of nitrogens with zero attached hydrogens (tertiary/aromatic N) is 3. The van der Waals surface area contributed by atoms with E-state index in [0.717, 1.165) is 27.0 Å². The number of phenolic OH excluding ortho intramolecular Hbond substituents is 1. The van der Waals surface area contributed by atoms with Crippen molar-refractivity contribution in [2.45, 2.75) is 26.2 Å². The van der Waals surface area contributed by atoms with Gasteiger partial charge in [-0.15, -0.1) is 0 Å². The number of hydrogen-bond acceptors (Lipinski definition) is 6. The zero-order chi connectivity index (χ0) is 20.8. The third kappa shape index (κ3) is 3.00. The number of carbonyl (C=O) groups is 1. The summed E-state index contributed by atoms with van der Waals surface area (Å²) in [6.07, 6.45) is 0.301. The van der Waals surface area contributed by atoms with E-state index < -0.39 is 0 Å². The van der Waals surface area contributed by atoms with Gasteiger partial charge in [-0.05, 0) is 43.7 Å². The van der Waals surface area contributed by atoms with Gasteiger partial charge in [-0.2, -0.15) is 9.78 Å². The van der Waals surface area contributed by atoms with Crippen LogP contribution in [0.4, 0.5) is 5.82 Å². The first kappa shape index (κ1) is 18.6. The van der Waals surface area contributed by atoms with Crippen LogP contribution in [0.5, 0.6) is 11.5 Å². The Bertz CT molecular complexity index is 1240. The molecule has 4 aromatic rings. The lowest BCUT2D eigenvalue weighted by molar-refractivity contribution is -0.116. The monoisotopic (exact) mass is 420 g/mol. The van der Waals surface area contributed by atoms with Gasteiger partial charge < -0.3 is 15.2 Å². The number of phenols is 1. The summed E-state index contributed by atoms with van der Waals surface area (Å²) in [5.41, 5.74) is 3.60. The van der Waals surface area contributed by atoms with E-state index in [1.807, 2.05) is 44.2 Å². The molecule has 5 rings (SSSR count). The van der Waals surface area contributed by atoms with Crippen LogP contribution in [0.2, 0.25) is 0 Å². The number of anilines is 1. The van der Waals surface area contributed by atoms with Crippen LogP contribution in [-0.2, 0) is 4.79 Å². The Kier molecular flexibility index (Phi) is 4.43. The molecular formula is C22H20N4O3S. The lowest BCUT2D eigenvalue weighted by Gasteiger charge is -2.24. The summed E-state index contributed by atoms with van der Waals surface area (Å²) in [7, 11) is 0. The summed E-state index contributed by atoms with van der Waals surface area (Å²) in [6, 6.07) is 13.2. The number of hydrogen-bond donors (Lipinski definition) is 2. The van der Waals surface area contributed by atoms with Gasteiger partial charge in [0.25, 0.3) is 0 Å². The normalized spacial score (nSPS) is 15.8. The van der Waals surface area contributed by atoms with Crippen molar-refractivity contribution in [2.24, 2.45) is 0 Å². The topological polar surface area (TPSA) is 89.3 Å². The summed E-state index contributed by atoms with van der Waals surface area (Å²) >= 11 is 1.53. The molecule has 0 bridgehead atoms. The first-order valence-corrected chi connectivity index (χ1v) is 10.6. The summed E-state index contributed by atoms with van der Waals surface area (Å²) in [4.78, 5) is 17.3. The van der Waals surface area contributed by atoms with Crippen LogP contribution in [0.25, 0.3) is 15.3 Å². The van der Waals surface area contributed by atoms with E-state index in [-0.39, 0.29) is 17.6 Å². The van der Waals surface area contributed by atoms with Crippen molar-refractivity contribution >= 4 is 33.3 Å². The van der Waals surface area contributed by atoms with Gasteiger partial charge in [-0.3, -0.25) is 4.79 Å². The molecule has 1 amide bonds. The zero-order valence-electron chi connectivity index (χ0n) is 16.5. The van der Waals surface area contributed by atoms with Crippen molar-refractivity contribution in [1.29, 1.82) is 0 Å². The number of aryl methyl sites for hydroxylation is 1. The van der Waals surface area contributed by atoms with Crippen molar-refractivity contribution in [2.75, 3.05) is 11.9 Å². The maximum atomic E-state index is 12.6. The SMILES string of the molecule is CCOc1cc([C@H]2CC(=O)Nc3c2c(C)nn3-c2nc3ccccc3s2)ccc1O. The molecule has 0 spiro atoms. The Morgan fingerprint density at radius 3 is 2.93 bits per heavy atom. The number of aromatic nitrogens is 3. The van der Waals surface area contributed by atoms with Crippen molar-refractivity contribution in [3.05, 3.63) is 59.3 Å². The standard InChI is InChI=1S/C22H20N4O3S/c1-3-29-17-10-13(8-9-16(17)27)14-11-19(28)24-21-20(14)12(2)25-26(21)22-23-15-6-4-5-7-18(15)30-22/h4-10,14,27H,3,11H2,1-2H3,(H,24,28)/t14-/m1/s1. The molecule has 152 valence electrons. The van der Waals surface area contributed by atoms with Crippen molar-refractivity contribution in [3.63, 3.8) is 0 Å². The zero-order valence-corrected chi connectivity index (χ0v) is 17.4. The van der Waals surface area contributed by atoms with Crippen molar-refractivity contribution < 1.29 is 14.6 Å². The number of benzene rings is 2. The predicted molar refractivity (Wildman–Crippen MR) is 116 cm³/mol. The minimum Gasteiger partial charge on any atom is -0.504 e. The van der Waals surface area contributed by atoms with Crippen molar-refractivity contribution in [3.8, 4) is 16.6 Å². The molecule has 2 N–H and O–H groups in total. The molecule has 8 heteroatoms. The molecule has 7 nitrogen and oxygen atoms in total. The fourth-order valence-corrected chi connectivity index (χ4v) is 4.86. The largest absolute Gasteiger partial charge is 0.504 e. The lowest BCUT2D eigenvalue weighted by atomic mass is 9.85. The molecule has 1 aliphatic heterocycles. The number of rotatable bonds is 4. The fraction of sp³-hybridized carbons (Fsp3) is 0.227. The minimum atomic E-state index is -0.184. The number of nitrogens with one attached hydrogen (secondary N) is 1. The van der Waals surface area contributed by atoms with Crippen LogP contribution in [0.1, 0.15) is 36.1 Å². The molecule has 2 aromatic carbocycles. The molecule has 0 fully saturated rings. The van der Waals surface area contributed by atoms with Crippen molar-refractivity contribution in [1.82, 2.24) is 14.8 Å². The Hall–Kier alpha value is -3.39. The molecule has 1 aliphatic rings. The highest BCUT2D eigenvalue weighted by Gasteiger charge is 2.33. The maximum Gasteiger partial charge on any atom is 0.226 e. The van der Waals surface area contributed by atoms with E-state index in [1.54, 1.807) is 16.8 Å². The highest BCUT2D eigenvalue weighted by Crippen LogP contribution is 2.42. The van der Waals surface area contributed by atoms with E-state index in [2.05, 4.69) is 5.32 Å². The molecule has 3 heterocycles. The number of amides is 1. The Labute approximate surface area is 176 Å². The second kappa shape index (κ2) is 7.14. The third-order valence-electron chi connectivity index (χ3n) is 5.25. The highest BCUT2D eigenvalue weighted by atomic mass is 32.1. The molecular weight excluding hydrogens is 400 g/mol. The van der Waals surface area contributed by atoms with E-state index in [4.69, 9.17) is 14.8 Å². The molecule has 0 saturated heterocycles. The summed E-state index contributed by atoms with van der Waals surface area (Å²) in [5.74, 6) is 0.887. The molecule has 30 heavy (non-hydrogen) atoms. The highest BCUT2D eigenvalue weighted by molar-refractivity contribution is 7.20. The van der Waals surface area contributed by atoms with Gasteiger partial charge >= 0.3 is 0 Å². The van der Waals surface area contributed by atoms with E-state index in [1.165, 1.54) is 11.3 Å². The molecule has 0 aliphatic carbocycles. The number of ether oxygens (including phenoxy) is 1. The smallest absolute Gasteiger partial charge is 0.226 e. The van der Waals surface area contributed by atoms with Crippen LogP contribution in [0.3, 0.4) is 0 Å².